The molecule has 0 aliphatic carbocycles. The molecule has 0 saturated carbocycles. The average molecular weight is 325 g/mol. The van der Waals surface area contributed by atoms with Crippen LogP contribution in [0, 0.1) is 0 Å². The number of aliphatic hydroxyl groups is 1. The van der Waals surface area contributed by atoms with Crippen LogP contribution in [0.4, 0.5) is 0 Å². The molecule has 3 nitrogen and oxygen atoms in total. The lowest BCUT2D eigenvalue weighted by atomic mass is 10.0. The molecule has 3 aromatic rings. The van der Waals surface area contributed by atoms with Gasteiger partial charge in [0.2, 0.25) is 5.91 Å². The summed E-state index contributed by atoms with van der Waals surface area (Å²) in [4.78, 5) is 13.1. The van der Waals surface area contributed by atoms with E-state index in [-0.39, 0.29) is 12.5 Å². The molecule has 1 heterocycles. The largest absolute Gasteiger partial charge is 0.387 e. The van der Waals surface area contributed by atoms with Crippen LogP contribution in [0.2, 0.25) is 0 Å². The Bertz CT molecular complexity index is 783. The summed E-state index contributed by atoms with van der Waals surface area (Å²) >= 11 is 1.66. The van der Waals surface area contributed by atoms with Crippen LogP contribution in [0.25, 0.3) is 10.8 Å². The molecule has 0 aliphatic heterocycles. The van der Waals surface area contributed by atoms with Gasteiger partial charge in [0.1, 0.15) is 0 Å². The van der Waals surface area contributed by atoms with Gasteiger partial charge in [0, 0.05) is 17.8 Å². The molecule has 0 bridgehead atoms. The van der Waals surface area contributed by atoms with E-state index < -0.39 is 6.10 Å². The summed E-state index contributed by atoms with van der Waals surface area (Å²) in [5, 5.41) is 17.3. The van der Waals surface area contributed by atoms with Crippen molar-refractivity contribution in [2.75, 3.05) is 6.54 Å². The molecule has 23 heavy (non-hydrogen) atoms. The Balaban J connectivity index is 1.53. The molecule has 1 unspecified atom stereocenters. The highest BCUT2D eigenvalue weighted by molar-refractivity contribution is 7.09. The van der Waals surface area contributed by atoms with Gasteiger partial charge in [-0.3, -0.25) is 4.79 Å². The van der Waals surface area contributed by atoms with E-state index in [0.29, 0.717) is 6.42 Å². The first-order valence-electron chi connectivity index (χ1n) is 7.68. The van der Waals surface area contributed by atoms with Gasteiger partial charge in [0.15, 0.2) is 0 Å². The highest BCUT2D eigenvalue weighted by atomic mass is 32.1. The summed E-state index contributed by atoms with van der Waals surface area (Å²) < 4.78 is 0. The van der Waals surface area contributed by atoms with E-state index >= 15 is 0 Å². The maximum absolute atomic E-state index is 11.9. The number of aryl methyl sites for hydroxylation is 1. The van der Waals surface area contributed by atoms with Crippen LogP contribution in [-0.2, 0) is 11.2 Å². The van der Waals surface area contributed by atoms with Crippen LogP contribution < -0.4 is 5.32 Å². The fourth-order valence-corrected chi connectivity index (χ4v) is 3.23. The summed E-state index contributed by atoms with van der Waals surface area (Å²) in [6.45, 7) is 0.238. The predicted octanol–water partition coefficient (Wildman–Crippen LogP) is 3.68. The van der Waals surface area contributed by atoms with Crippen molar-refractivity contribution in [1.82, 2.24) is 5.32 Å². The number of nitrogens with one attached hydrogen (secondary N) is 1. The second kappa shape index (κ2) is 7.40. The lowest BCUT2D eigenvalue weighted by Gasteiger charge is -2.13. The van der Waals surface area contributed by atoms with Gasteiger partial charge in [-0.05, 0) is 40.3 Å². The van der Waals surface area contributed by atoms with Gasteiger partial charge in [-0.15, -0.1) is 11.3 Å². The van der Waals surface area contributed by atoms with Gasteiger partial charge in [0.05, 0.1) is 6.10 Å². The molecule has 2 aromatic carbocycles. The SMILES string of the molecule is O=C(CCc1cccs1)NCC(O)c1ccc2ccccc2c1. The maximum Gasteiger partial charge on any atom is 0.220 e. The number of hydrogen-bond donors (Lipinski definition) is 2. The lowest BCUT2D eigenvalue weighted by molar-refractivity contribution is -0.121. The topological polar surface area (TPSA) is 49.3 Å². The van der Waals surface area contributed by atoms with Gasteiger partial charge in [0.25, 0.3) is 0 Å². The number of fused-ring (bicyclic) bond motifs is 1. The van der Waals surface area contributed by atoms with Crippen molar-refractivity contribution in [2.45, 2.75) is 18.9 Å². The lowest BCUT2D eigenvalue weighted by Crippen LogP contribution is -2.28. The van der Waals surface area contributed by atoms with Gasteiger partial charge < -0.3 is 10.4 Å². The van der Waals surface area contributed by atoms with E-state index in [1.807, 2.05) is 60.0 Å². The number of benzene rings is 2. The average Bonchev–Trinajstić information content (AvgIpc) is 3.11. The molecule has 118 valence electrons. The Morgan fingerprint density at radius 2 is 1.91 bits per heavy atom. The minimum atomic E-state index is -0.690. The Hall–Kier alpha value is -2.17. The summed E-state index contributed by atoms with van der Waals surface area (Å²) in [6, 6.07) is 17.9. The monoisotopic (exact) mass is 325 g/mol. The zero-order chi connectivity index (χ0) is 16.1. The van der Waals surface area contributed by atoms with Crippen molar-refractivity contribution in [2.24, 2.45) is 0 Å². The number of carbonyl (C=O) groups excluding carboxylic acids is 1. The minimum absolute atomic E-state index is 0.0294. The zero-order valence-corrected chi connectivity index (χ0v) is 13.6. The van der Waals surface area contributed by atoms with E-state index in [1.54, 1.807) is 11.3 Å². The van der Waals surface area contributed by atoms with E-state index in [2.05, 4.69) is 5.32 Å². The third kappa shape index (κ3) is 4.18. The first kappa shape index (κ1) is 15.7. The van der Waals surface area contributed by atoms with Gasteiger partial charge in [-0.1, -0.05) is 42.5 Å². The highest BCUT2D eigenvalue weighted by Gasteiger charge is 2.10. The second-order valence-electron chi connectivity index (χ2n) is 5.51. The Kier molecular flexibility index (Phi) is 5.05. The zero-order valence-electron chi connectivity index (χ0n) is 12.7. The fraction of sp³-hybridized carbons (Fsp3) is 0.211. The summed E-state index contributed by atoms with van der Waals surface area (Å²) in [5.74, 6) is -0.0294. The molecule has 1 atom stereocenters. The van der Waals surface area contributed by atoms with Crippen molar-refractivity contribution >= 4 is 28.0 Å². The Labute approximate surface area is 139 Å². The quantitative estimate of drug-likeness (QED) is 0.726. The smallest absolute Gasteiger partial charge is 0.220 e. The van der Waals surface area contributed by atoms with Crippen LogP contribution >= 0.6 is 11.3 Å². The van der Waals surface area contributed by atoms with E-state index in [4.69, 9.17) is 0 Å². The van der Waals surface area contributed by atoms with Gasteiger partial charge in [-0.2, -0.15) is 0 Å². The van der Waals surface area contributed by atoms with Gasteiger partial charge in [-0.25, -0.2) is 0 Å². The summed E-state index contributed by atoms with van der Waals surface area (Å²) in [7, 11) is 0. The highest BCUT2D eigenvalue weighted by Crippen LogP contribution is 2.20. The molecule has 0 radical (unpaired) electrons. The Morgan fingerprint density at radius 3 is 2.70 bits per heavy atom. The molecule has 4 heteroatoms. The Morgan fingerprint density at radius 1 is 1.09 bits per heavy atom. The van der Waals surface area contributed by atoms with Crippen LogP contribution in [0.3, 0.4) is 0 Å². The molecule has 0 saturated heterocycles. The van der Waals surface area contributed by atoms with E-state index in [0.717, 1.165) is 22.8 Å². The van der Waals surface area contributed by atoms with Crippen LogP contribution in [0.5, 0.6) is 0 Å². The number of rotatable bonds is 6. The number of carbonyl (C=O) groups is 1. The molecule has 1 amide bonds. The van der Waals surface area contributed by atoms with Crippen molar-refractivity contribution in [3.8, 4) is 0 Å². The van der Waals surface area contributed by atoms with Crippen molar-refractivity contribution in [1.29, 1.82) is 0 Å². The molecule has 0 fully saturated rings. The molecule has 2 N–H and O–H groups in total. The van der Waals surface area contributed by atoms with Crippen molar-refractivity contribution in [3.63, 3.8) is 0 Å². The third-order valence-electron chi connectivity index (χ3n) is 3.83. The molecule has 1 aromatic heterocycles. The molecule has 0 spiro atoms. The maximum atomic E-state index is 11.9. The van der Waals surface area contributed by atoms with Gasteiger partial charge >= 0.3 is 0 Å². The van der Waals surface area contributed by atoms with E-state index in [1.165, 1.54) is 4.88 Å². The summed E-state index contributed by atoms with van der Waals surface area (Å²) in [6.07, 6.45) is 0.505. The van der Waals surface area contributed by atoms with Crippen LogP contribution in [0.15, 0.2) is 60.0 Å². The third-order valence-corrected chi connectivity index (χ3v) is 4.77. The standard InChI is InChI=1S/C19H19NO2S/c21-18(13-20-19(22)10-9-17-6-3-11-23-17)16-8-7-14-4-1-2-5-15(14)12-16/h1-8,11-12,18,21H,9-10,13H2,(H,20,22). The number of amides is 1. The number of hydrogen-bond acceptors (Lipinski definition) is 3. The van der Waals surface area contributed by atoms with Crippen LogP contribution in [0.1, 0.15) is 23.0 Å². The number of thiophene rings is 1. The van der Waals surface area contributed by atoms with Crippen molar-refractivity contribution < 1.29 is 9.90 Å². The molecular formula is C19H19NO2S. The van der Waals surface area contributed by atoms with Crippen LogP contribution in [-0.4, -0.2) is 17.6 Å². The first-order chi connectivity index (χ1) is 11.2. The normalized spacial score (nSPS) is 12.2. The summed E-state index contributed by atoms with van der Waals surface area (Å²) in [5.41, 5.74) is 0.822. The molecule has 3 rings (SSSR count). The predicted molar refractivity (Wildman–Crippen MR) is 94.6 cm³/mol. The molecule has 0 aliphatic rings. The number of aliphatic hydroxyl groups excluding tert-OH is 1. The van der Waals surface area contributed by atoms with E-state index in [9.17, 15) is 9.90 Å². The second-order valence-corrected chi connectivity index (χ2v) is 6.54. The molecular weight excluding hydrogens is 306 g/mol. The fourth-order valence-electron chi connectivity index (χ4n) is 2.52. The van der Waals surface area contributed by atoms with Crippen molar-refractivity contribution in [3.05, 3.63) is 70.4 Å². The minimum Gasteiger partial charge on any atom is -0.387 e. The first-order valence-corrected chi connectivity index (χ1v) is 8.56.